The van der Waals surface area contributed by atoms with Gasteiger partial charge in [-0.2, -0.15) is 0 Å². The lowest BCUT2D eigenvalue weighted by Crippen LogP contribution is -2.55. The molecule has 5 aliphatic carbocycles. The quantitative estimate of drug-likeness (QED) is 0.162. The maximum Gasteiger partial charge on any atom is 0.123 e. The second-order valence-corrected chi connectivity index (χ2v) is 19.3. The summed E-state index contributed by atoms with van der Waals surface area (Å²) < 4.78 is 17.3. The summed E-state index contributed by atoms with van der Waals surface area (Å²) in [6, 6.07) is 65.9. The van der Waals surface area contributed by atoms with Gasteiger partial charge in [0.2, 0.25) is 0 Å². The van der Waals surface area contributed by atoms with Gasteiger partial charge in [0.25, 0.3) is 0 Å². The maximum atomic E-state index is 14.6. The Morgan fingerprint density at radius 1 is 0.426 bits per heavy atom. The number of fused-ring (bicyclic) bond motifs is 6. The normalized spacial score (nSPS) is 21.9. The van der Waals surface area contributed by atoms with Gasteiger partial charge in [-0.25, -0.2) is 4.39 Å². The topological polar surface area (TPSA) is 3.24 Å². The van der Waals surface area contributed by atoms with Gasteiger partial charge in [-0.05, 0) is 172 Å². The molecule has 8 aromatic carbocycles. The van der Waals surface area contributed by atoms with Gasteiger partial charge in [0, 0.05) is 42.6 Å². The highest BCUT2D eigenvalue weighted by molar-refractivity contribution is 7.25. The molecule has 1 nitrogen and oxygen atoms in total. The Balaban J connectivity index is 1.01. The molecule has 0 saturated heterocycles. The molecule has 4 bridgehead atoms. The van der Waals surface area contributed by atoms with E-state index < -0.39 is 0 Å². The van der Waals surface area contributed by atoms with Gasteiger partial charge in [-0.1, -0.05) is 121 Å². The van der Waals surface area contributed by atoms with Crippen LogP contribution in [0.15, 0.2) is 182 Å². The van der Waals surface area contributed by atoms with E-state index in [9.17, 15) is 4.39 Å². The van der Waals surface area contributed by atoms with E-state index >= 15 is 0 Å². The van der Waals surface area contributed by atoms with Crippen molar-refractivity contribution in [3.05, 3.63) is 199 Å². The zero-order valence-corrected chi connectivity index (χ0v) is 34.7. The molecule has 3 heteroatoms. The molecule has 4 saturated carbocycles. The highest BCUT2D eigenvalue weighted by atomic mass is 32.1. The molecule has 4 fully saturated rings. The van der Waals surface area contributed by atoms with Crippen molar-refractivity contribution >= 4 is 48.6 Å². The summed E-state index contributed by atoms with van der Waals surface area (Å²) in [4.78, 5) is 2.43. The number of halogens is 1. The summed E-state index contributed by atoms with van der Waals surface area (Å²) in [6.07, 6.45) is 6.73. The van der Waals surface area contributed by atoms with E-state index in [-0.39, 0.29) is 11.2 Å². The fourth-order valence-electron chi connectivity index (χ4n) is 12.9. The lowest BCUT2D eigenvalue weighted by Gasteiger charge is -2.61. The molecule has 0 atom stereocenters. The second-order valence-electron chi connectivity index (χ2n) is 18.2. The third-order valence-electron chi connectivity index (χ3n) is 15.1. The molecule has 14 rings (SSSR count). The molecule has 294 valence electrons. The number of thiophene rings is 1. The number of hydrogen-bond donors (Lipinski definition) is 0. The molecule has 1 spiro atoms. The minimum Gasteiger partial charge on any atom is -0.310 e. The number of anilines is 3. The van der Waals surface area contributed by atoms with E-state index in [4.69, 9.17) is 0 Å². The van der Waals surface area contributed by atoms with Gasteiger partial charge in [-0.3, -0.25) is 0 Å². The van der Waals surface area contributed by atoms with Crippen LogP contribution < -0.4 is 4.90 Å². The molecule has 5 aliphatic rings. The van der Waals surface area contributed by atoms with Gasteiger partial charge in [-0.15, -0.1) is 11.3 Å². The van der Waals surface area contributed by atoms with Crippen molar-refractivity contribution < 1.29 is 4.39 Å². The number of benzene rings is 8. The van der Waals surface area contributed by atoms with Crippen molar-refractivity contribution in [2.45, 2.75) is 37.5 Å². The fraction of sp³-hybridized carbons (Fsp3) is 0.172. The Morgan fingerprint density at radius 3 is 1.87 bits per heavy atom. The smallest absolute Gasteiger partial charge is 0.123 e. The Morgan fingerprint density at radius 2 is 1.07 bits per heavy atom. The Kier molecular flexibility index (Phi) is 7.91. The van der Waals surface area contributed by atoms with Crippen LogP contribution >= 0.6 is 11.3 Å². The lowest BCUT2D eigenvalue weighted by molar-refractivity contribution is -0.0399. The zero-order chi connectivity index (χ0) is 40.2. The minimum absolute atomic E-state index is 0.0158. The van der Waals surface area contributed by atoms with Crippen molar-refractivity contribution in [3.63, 3.8) is 0 Å². The van der Waals surface area contributed by atoms with E-state index in [0.29, 0.717) is 11.8 Å². The first-order chi connectivity index (χ1) is 30.1. The van der Waals surface area contributed by atoms with E-state index in [1.54, 1.807) is 17.7 Å². The zero-order valence-electron chi connectivity index (χ0n) is 33.9. The maximum absolute atomic E-state index is 14.6. The molecule has 0 aliphatic heterocycles. The lowest BCUT2D eigenvalue weighted by atomic mass is 9.43. The number of rotatable bonds is 6. The molecule has 61 heavy (non-hydrogen) atoms. The first-order valence-corrected chi connectivity index (χ1v) is 22.9. The van der Waals surface area contributed by atoms with Gasteiger partial charge in [0.05, 0.1) is 0 Å². The van der Waals surface area contributed by atoms with E-state index in [0.717, 1.165) is 40.0 Å². The predicted octanol–water partition coefficient (Wildman–Crippen LogP) is 16.4. The Hall–Kier alpha value is -6.29. The summed E-state index contributed by atoms with van der Waals surface area (Å²) >= 11 is 1.91. The molecule has 0 amide bonds. The van der Waals surface area contributed by atoms with Gasteiger partial charge in [0.15, 0.2) is 0 Å². The fourth-order valence-corrected chi connectivity index (χ4v) is 14.0. The summed E-state index contributed by atoms with van der Waals surface area (Å²) in [6.45, 7) is 0. The predicted molar refractivity (Wildman–Crippen MR) is 254 cm³/mol. The molecular formula is C58H44FNS. The van der Waals surface area contributed by atoms with Crippen molar-refractivity contribution in [1.82, 2.24) is 0 Å². The van der Waals surface area contributed by atoms with Crippen LogP contribution in [0.3, 0.4) is 0 Å². The third-order valence-corrected chi connectivity index (χ3v) is 16.2. The van der Waals surface area contributed by atoms with Crippen LogP contribution in [0.2, 0.25) is 0 Å². The monoisotopic (exact) mass is 805 g/mol. The number of hydrogen-bond acceptors (Lipinski definition) is 2. The van der Waals surface area contributed by atoms with E-state index in [2.05, 4.69) is 163 Å². The molecule has 0 unspecified atom stereocenters. The highest BCUT2D eigenvalue weighted by Crippen LogP contribution is 2.70. The average Bonchev–Trinajstić information content (AvgIpc) is 3.82. The summed E-state index contributed by atoms with van der Waals surface area (Å²) in [5.41, 5.74) is 16.2. The standard InChI is InChI=1S/C58H44FNS/c59-45-13-6-11-40(32-45)41-12-7-14-47(33-41)60(46-22-19-39(20-23-46)38-9-2-1-3-10-38)48-24-26-52-54(35-48)58(43-28-36-27-37(30-43)31-44(58)29-36)53-17-8-16-49(57(52)53)42-21-25-51-50-15-4-5-18-55(50)61-56(51)34-42/h1-26,32-37,43-44H,27-31H2. The first-order valence-electron chi connectivity index (χ1n) is 22.1. The second kappa shape index (κ2) is 13.6. The van der Waals surface area contributed by atoms with Crippen LogP contribution in [-0.2, 0) is 5.41 Å². The molecule has 0 radical (unpaired) electrons. The molecule has 0 N–H and O–H groups in total. The van der Waals surface area contributed by atoms with Crippen LogP contribution in [0.25, 0.3) is 64.7 Å². The van der Waals surface area contributed by atoms with E-state index in [1.165, 1.54) is 97.3 Å². The molecular weight excluding hydrogens is 762 g/mol. The van der Waals surface area contributed by atoms with Gasteiger partial charge < -0.3 is 4.90 Å². The summed E-state index contributed by atoms with van der Waals surface area (Å²) in [5, 5.41) is 2.69. The van der Waals surface area contributed by atoms with Gasteiger partial charge in [0.1, 0.15) is 5.82 Å². The van der Waals surface area contributed by atoms with Gasteiger partial charge >= 0.3 is 0 Å². The van der Waals surface area contributed by atoms with Crippen molar-refractivity contribution in [3.8, 4) is 44.5 Å². The average molecular weight is 806 g/mol. The van der Waals surface area contributed by atoms with Crippen LogP contribution in [0.5, 0.6) is 0 Å². The first kappa shape index (κ1) is 35.5. The Labute approximate surface area is 360 Å². The van der Waals surface area contributed by atoms with E-state index in [1.807, 2.05) is 17.4 Å². The minimum atomic E-state index is -0.224. The third kappa shape index (κ3) is 5.42. The summed E-state index contributed by atoms with van der Waals surface area (Å²) in [5.74, 6) is 2.75. The molecule has 1 heterocycles. The van der Waals surface area contributed by atoms with Crippen molar-refractivity contribution in [2.24, 2.45) is 23.7 Å². The highest BCUT2D eigenvalue weighted by Gasteiger charge is 2.62. The van der Waals surface area contributed by atoms with Crippen molar-refractivity contribution in [1.29, 1.82) is 0 Å². The van der Waals surface area contributed by atoms with Crippen molar-refractivity contribution in [2.75, 3.05) is 4.90 Å². The molecule has 9 aromatic rings. The molecule has 1 aromatic heterocycles. The number of nitrogens with zero attached hydrogens (tertiary/aromatic N) is 1. The van der Waals surface area contributed by atoms with Crippen LogP contribution in [0, 0.1) is 29.5 Å². The van der Waals surface area contributed by atoms with Crippen LogP contribution in [0.1, 0.15) is 43.2 Å². The summed E-state index contributed by atoms with van der Waals surface area (Å²) in [7, 11) is 0. The Bertz CT molecular complexity index is 3150. The largest absolute Gasteiger partial charge is 0.310 e. The van der Waals surface area contributed by atoms with Crippen LogP contribution in [-0.4, -0.2) is 0 Å². The van der Waals surface area contributed by atoms with Crippen LogP contribution in [0.4, 0.5) is 21.5 Å². The SMILES string of the molecule is Fc1cccc(-c2cccc(N(c3ccc(-c4ccccc4)cc3)c3ccc4c(c3)C3(c5cccc(-c6ccc7c(c6)sc6ccccc67)c5-4)C4CC5CC(C4)CC3C5)c2)c1.